The van der Waals surface area contributed by atoms with Gasteiger partial charge in [-0.1, -0.05) is 41.6 Å². The van der Waals surface area contributed by atoms with Crippen molar-refractivity contribution in [3.05, 3.63) is 59.7 Å². The number of Topliss-reactive ketones (excluding diaryl/α,β-unsaturated/α-hetero) is 1. The van der Waals surface area contributed by atoms with Crippen LogP contribution in [0.5, 0.6) is 0 Å². The lowest BCUT2D eigenvalue weighted by Gasteiger charge is -2.19. The van der Waals surface area contributed by atoms with Crippen LogP contribution in [0.15, 0.2) is 53.7 Å². The van der Waals surface area contributed by atoms with E-state index < -0.39 is 5.25 Å². The summed E-state index contributed by atoms with van der Waals surface area (Å²) >= 11 is 1.36. The number of anilines is 2. The van der Waals surface area contributed by atoms with Crippen LogP contribution in [-0.2, 0) is 4.79 Å². The maximum atomic E-state index is 12.9. The molecule has 2 aromatic carbocycles. The highest BCUT2D eigenvalue weighted by Crippen LogP contribution is 2.31. The molecule has 32 heavy (non-hydrogen) atoms. The van der Waals surface area contributed by atoms with Crippen LogP contribution in [0.1, 0.15) is 42.6 Å². The van der Waals surface area contributed by atoms with E-state index in [0.717, 1.165) is 37.6 Å². The first-order chi connectivity index (χ1) is 15.4. The van der Waals surface area contributed by atoms with Crippen molar-refractivity contribution in [3.8, 4) is 5.69 Å². The largest absolute Gasteiger partial charge is 0.341 e. The molecule has 1 aromatic heterocycles. The Hall–Kier alpha value is -3.13. The minimum atomic E-state index is -0.435. The molecule has 0 aliphatic carbocycles. The van der Waals surface area contributed by atoms with Gasteiger partial charge in [-0.3, -0.25) is 14.2 Å². The van der Waals surface area contributed by atoms with Gasteiger partial charge in [0, 0.05) is 18.7 Å². The zero-order chi connectivity index (χ0) is 22.7. The highest BCUT2D eigenvalue weighted by atomic mass is 32.2. The van der Waals surface area contributed by atoms with Crippen LogP contribution in [0.4, 0.5) is 11.6 Å². The Bertz CT molecular complexity index is 1120. The van der Waals surface area contributed by atoms with Crippen molar-refractivity contribution in [3.63, 3.8) is 0 Å². The third-order valence-corrected chi connectivity index (χ3v) is 6.56. The molecule has 1 unspecified atom stereocenters. The van der Waals surface area contributed by atoms with Gasteiger partial charge < -0.3 is 10.2 Å². The molecular weight excluding hydrogens is 422 g/mol. The van der Waals surface area contributed by atoms with E-state index >= 15 is 0 Å². The number of ketones is 1. The first-order valence-electron chi connectivity index (χ1n) is 10.8. The first kappa shape index (κ1) is 22.1. The number of hydrogen-bond donors (Lipinski definition) is 1. The quantitative estimate of drug-likeness (QED) is 0.423. The van der Waals surface area contributed by atoms with Crippen LogP contribution >= 0.6 is 11.8 Å². The topological polar surface area (TPSA) is 80.1 Å². The summed E-state index contributed by atoms with van der Waals surface area (Å²) in [5.74, 6) is 0.531. The number of aryl methyl sites for hydroxylation is 1. The number of nitrogens with one attached hydrogen (secondary N) is 1. The van der Waals surface area contributed by atoms with Gasteiger partial charge in [0.1, 0.15) is 0 Å². The smallest absolute Gasteiger partial charge is 0.237 e. The van der Waals surface area contributed by atoms with Crippen molar-refractivity contribution in [1.82, 2.24) is 14.8 Å². The van der Waals surface area contributed by atoms with E-state index in [9.17, 15) is 9.59 Å². The van der Waals surface area contributed by atoms with Gasteiger partial charge in [-0.25, -0.2) is 0 Å². The van der Waals surface area contributed by atoms with Crippen molar-refractivity contribution in [2.24, 2.45) is 0 Å². The molecule has 166 valence electrons. The first-order valence-corrected chi connectivity index (χ1v) is 11.7. The van der Waals surface area contributed by atoms with E-state index in [1.54, 1.807) is 24.3 Å². The molecule has 1 atom stereocenters. The summed E-state index contributed by atoms with van der Waals surface area (Å²) in [6, 6.07) is 15.3. The van der Waals surface area contributed by atoms with Crippen LogP contribution in [0.25, 0.3) is 5.69 Å². The molecule has 8 heteroatoms. The van der Waals surface area contributed by atoms with Gasteiger partial charge in [-0.2, -0.15) is 0 Å². The molecular formula is C24H27N5O2S. The molecule has 7 nitrogen and oxygen atoms in total. The van der Waals surface area contributed by atoms with Gasteiger partial charge in [-0.15, -0.1) is 10.2 Å². The van der Waals surface area contributed by atoms with Crippen molar-refractivity contribution in [2.45, 2.75) is 44.0 Å². The summed E-state index contributed by atoms with van der Waals surface area (Å²) in [6.07, 6.45) is 2.27. The summed E-state index contributed by atoms with van der Waals surface area (Å²) in [4.78, 5) is 27.1. The van der Waals surface area contributed by atoms with Crippen molar-refractivity contribution in [2.75, 3.05) is 23.3 Å². The second-order valence-corrected chi connectivity index (χ2v) is 9.31. The molecule has 0 spiro atoms. The number of rotatable bonds is 7. The Balaban J connectivity index is 1.59. The van der Waals surface area contributed by atoms with Crippen LogP contribution in [0.3, 0.4) is 0 Å². The Morgan fingerprint density at radius 2 is 1.72 bits per heavy atom. The van der Waals surface area contributed by atoms with Crippen molar-refractivity contribution < 1.29 is 9.59 Å². The number of carbonyl (C=O) groups excluding carboxylic acids is 2. The average molecular weight is 450 g/mol. The highest BCUT2D eigenvalue weighted by Gasteiger charge is 2.25. The molecule has 0 bridgehead atoms. The normalized spacial score (nSPS) is 14.4. The Labute approximate surface area is 192 Å². The van der Waals surface area contributed by atoms with E-state index in [4.69, 9.17) is 0 Å². The van der Waals surface area contributed by atoms with Gasteiger partial charge in [0.25, 0.3) is 0 Å². The lowest BCUT2D eigenvalue weighted by Crippen LogP contribution is -2.24. The molecule has 0 saturated carbocycles. The standard InChI is InChI=1S/C24H27N5O2S/c1-16-10-12-19(13-11-16)29-23(28-14-6-7-15-28)26-27-24(29)32-18(3)22(31)25-21-9-5-4-8-20(21)17(2)30/h4-5,8-13,18H,6-7,14-15H2,1-3H3,(H,25,31). The van der Waals surface area contributed by atoms with E-state index in [2.05, 4.69) is 51.6 Å². The van der Waals surface area contributed by atoms with E-state index in [-0.39, 0.29) is 11.7 Å². The van der Waals surface area contributed by atoms with E-state index in [1.165, 1.54) is 24.2 Å². The SMILES string of the molecule is CC(=O)c1ccccc1NC(=O)C(C)Sc1nnc(N2CCCC2)n1-c1ccc(C)cc1. The minimum absolute atomic E-state index is 0.0874. The van der Waals surface area contributed by atoms with Gasteiger partial charge in [-0.05, 0) is 57.9 Å². The van der Waals surface area contributed by atoms with E-state index in [0.29, 0.717) is 16.4 Å². The molecule has 1 N–H and O–H groups in total. The minimum Gasteiger partial charge on any atom is -0.341 e. The second kappa shape index (κ2) is 9.56. The number of aromatic nitrogens is 3. The molecule has 1 amide bonds. The maximum absolute atomic E-state index is 12.9. The Morgan fingerprint density at radius 1 is 1.03 bits per heavy atom. The average Bonchev–Trinajstić information content (AvgIpc) is 3.44. The summed E-state index contributed by atoms with van der Waals surface area (Å²) in [5, 5.41) is 12.0. The number of nitrogens with zero attached hydrogens (tertiary/aromatic N) is 4. The van der Waals surface area contributed by atoms with Crippen LogP contribution in [0, 0.1) is 6.92 Å². The summed E-state index contributed by atoms with van der Waals surface area (Å²) in [6.45, 7) is 7.28. The lowest BCUT2D eigenvalue weighted by molar-refractivity contribution is -0.115. The summed E-state index contributed by atoms with van der Waals surface area (Å²) in [7, 11) is 0. The fraction of sp³-hybridized carbons (Fsp3) is 0.333. The number of amides is 1. The fourth-order valence-corrected chi connectivity index (χ4v) is 4.59. The lowest BCUT2D eigenvalue weighted by atomic mass is 10.1. The summed E-state index contributed by atoms with van der Waals surface area (Å²) < 4.78 is 2.03. The van der Waals surface area contributed by atoms with Crippen molar-refractivity contribution >= 4 is 35.1 Å². The van der Waals surface area contributed by atoms with Crippen LogP contribution in [0.2, 0.25) is 0 Å². The van der Waals surface area contributed by atoms with Crippen molar-refractivity contribution in [1.29, 1.82) is 0 Å². The second-order valence-electron chi connectivity index (χ2n) is 8.00. The number of benzene rings is 2. The number of thioether (sulfide) groups is 1. The van der Waals surface area contributed by atoms with Gasteiger partial charge in [0.15, 0.2) is 10.9 Å². The molecule has 1 aliphatic rings. The third kappa shape index (κ3) is 4.70. The van der Waals surface area contributed by atoms with Crippen LogP contribution in [-0.4, -0.2) is 44.8 Å². The third-order valence-electron chi connectivity index (χ3n) is 5.51. The Kier molecular flexibility index (Phi) is 6.60. The fourth-order valence-electron chi connectivity index (χ4n) is 3.73. The van der Waals surface area contributed by atoms with Gasteiger partial charge in [0.05, 0.1) is 16.6 Å². The van der Waals surface area contributed by atoms with Crippen LogP contribution < -0.4 is 10.2 Å². The number of para-hydroxylation sites is 1. The predicted molar refractivity (Wildman–Crippen MR) is 128 cm³/mol. The molecule has 1 fully saturated rings. The maximum Gasteiger partial charge on any atom is 0.237 e. The summed E-state index contributed by atoms with van der Waals surface area (Å²) in [5.41, 5.74) is 3.17. The number of carbonyl (C=O) groups is 2. The molecule has 1 saturated heterocycles. The monoisotopic (exact) mass is 449 g/mol. The zero-order valence-electron chi connectivity index (χ0n) is 18.5. The van der Waals surface area contributed by atoms with Gasteiger partial charge in [0.2, 0.25) is 11.9 Å². The molecule has 2 heterocycles. The molecule has 4 rings (SSSR count). The number of hydrogen-bond acceptors (Lipinski definition) is 6. The highest BCUT2D eigenvalue weighted by molar-refractivity contribution is 8.00. The van der Waals surface area contributed by atoms with Gasteiger partial charge >= 0.3 is 0 Å². The molecule has 3 aromatic rings. The molecule has 0 radical (unpaired) electrons. The Morgan fingerprint density at radius 3 is 2.41 bits per heavy atom. The zero-order valence-corrected chi connectivity index (χ0v) is 19.4. The van der Waals surface area contributed by atoms with E-state index in [1.807, 2.05) is 11.5 Å². The molecule has 1 aliphatic heterocycles. The predicted octanol–water partition coefficient (Wildman–Crippen LogP) is 4.50.